The van der Waals surface area contributed by atoms with Gasteiger partial charge in [0.2, 0.25) is 17.7 Å². The molecular formula is C13H20N2O5. The van der Waals surface area contributed by atoms with Crippen LogP contribution < -0.4 is 0 Å². The summed E-state index contributed by atoms with van der Waals surface area (Å²) in [5, 5.41) is 0. The van der Waals surface area contributed by atoms with Crippen molar-refractivity contribution in [3.63, 3.8) is 0 Å². The molecule has 0 N–H and O–H groups in total. The predicted molar refractivity (Wildman–Crippen MR) is 69.5 cm³/mol. The molecular weight excluding hydrogens is 264 g/mol. The van der Waals surface area contributed by atoms with Crippen LogP contribution in [0.4, 0.5) is 0 Å². The summed E-state index contributed by atoms with van der Waals surface area (Å²) >= 11 is 0. The zero-order valence-electron chi connectivity index (χ0n) is 11.9. The van der Waals surface area contributed by atoms with E-state index < -0.39 is 0 Å². The maximum atomic E-state index is 12.0. The van der Waals surface area contributed by atoms with Gasteiger partial charge < -0.3 is 9.64 Å². The highest BCUT2D eigenvalue weighted by atomic mass is 16.5. The average Bonchev–Trinajstić information content (AvgIpc) is 2.76. The molecule has 0 saturated carbocycles. The van der Waals surface area contributed by atoms with Crippen LogP contribution in [0.3, 0.4) is 0 Å². The van der Waals surface area contributed by atoms with E-state index in [1.807, 2.05) is 0 Å². The predicted octanol–water partition coefficient (Wildman–Crippen LogP) is -0.0629. The molecule has 1 aliphatic heterocycles. The van der Waals surface area contributed by atoms with Gasteiger partial charge in [0, 0.05) is 38.9 Å². The maximum absolute atomic E-state index is 12.0. The first-order chi connectivity index (χ1) is 9.49. The highest BCUT2D eigenvalue weighted by Crippen LogP contribution is 2.12. The topological polar surface area (TPSA) is 84.0 Å². The van der Waals surface area contributed by atoms with Crippen LogP contribution in [-0.2, 0) is 23.9 Å². The van der Waals surface area contributed by atoms with Crippen molar-refractivity contribution >= 4 is 23.7 Å². The van der Waals surface area contributed by atoms with Gasteiger partial charge in [-0.3, -0.25) is 24.1 Å². The fourth-order valence-electron chi connectivity index (χ4n) is 2.03. The average molecular weight is 284 g/mol. The van der Waals surface area contributed by atoms with Gasteiger partial charge in [-0.2, -0.15) is 0 Å². The normalized spacial score (nSPS) is 14.6. The number of imide groups is 1. The number of hydrogen-bond donors (Lipinski definition) is 0. The van der Waals surface area contributed by atoms with Crippen LogP contribution >= 0.6 is 0 Å². The second-order valence-corrected chi connectivity index (χ2v) is 4.49. The first-order valence-corrected chi connectivity index (χ1v) is 6.67. The molecule has 20 heavy (non-hydrogen) atoms. The first kappa shape index (κ1) is 16.1. The maximum Gasteiger partial charge on any atom is 0.307 e. The van der Waals surface area contributed by atoms with E-state index in [0.29, 0.717) is 6.54 Å². The van der Waals surface area contributed by atoms with Crippen molar-refractivity contribution in [2.75, 3.05) is 26.7 Å². The number of carbonyl (C=O) groups excluding carboxylic acids is 4. The molecule has 7 nitrogen and oxygen atoms in total. The lowest BCUT2D eigenvalue weighted by Gasteiger charge is -2.21. The van der Waals surface area contributed by atoms with Gasteiger partial charge in [-0.15, -0.1) is 0 Å². The zero-order chi connectivity index (χ0) is 15.1. The number of ether oxygens (including phenoxy) is 1. The van der Waals surface area contributed by atoms with E-state index in [4.69, 9.17) is 0 Å². The van der Waals surface area contributed by atoms with Crippen LogP contribution in [0.25, 0.3) is 0 Å². The molecule has 3 amide bonds. The van der Waals surface area contributed by atoms with Crippen LogP contribution in [0.2, 0.25) is 0 Å². The van der Waals surface area contributed by atoms with E-state index in [0.717, 1.165) is 4.90 Å². The number of carbonyl (C=O) groups is 4. The Bertz CT molecular complexity index is 392. The summed E-state index contributed by atoms with van der Waals surface area (Å²) in [6, 6.07) is 0. The second-order valence-electron chi connectivity index (χ2n) is 4.49. The van der Waals surface area contributed by atoms with Crippen LogP contribution in [0.15, 0.2) is 0 Å². The Kier molecular flexibility index (Phi) is 6.14. The van der Waals surface area contributed by atoms with Crippen LogP contribution in [0.1, 0.15) is 32.6 Å². The van der Waals surface area contributed by atoms with Crippen molar-refractivity contribution in [2.24, 2.45) is 0 Å². The van der Waals surface area contributed by atoms with Crippen LogP contribution in [-0.4, -0.2) is 60.2 Å². The van der Waals surface area contributed by atoms with Gasteiger partial charge in [0.05, 0.1) is 13.5 Å². The molecule has 0 aromatic rings. The van der Waals surface area contributed by atoms with Crippen molar-refractivity contribution < 1.29 is 23.9 Å². The lowest BCUT2D eigenvalue weighted by molar-refractivity contribution is -0.141. The standard InChI is InChI=1S/C13H20N2O5/c1-3-14(8-7-13(19)20-2)10(16)6-9-15-11(17)4-5-12(15)18/h3-9H2,1-2H3. The molecule has 0 bridgehead atoms. The molecule has 7 heteroatoms. The van der Waals surface area contributed by atoms with Gasteiger partial charge in [0.25, 0.3) is 0 Å². The lowest BCUT2D eigenvalue weighted by atomic mass is 10.3. The smallest absolute Gasteiger partial charge is 0.307 e. The van der Waals surface area contributed by atoms with E-state index in [9.17, 15) is 19.2 Å². The van der Waals surface area contributed by atoms with Crippen LogP contribution in [0.5, 0.6) is 0 Å². The SMILES string of the molecule is CCN(CCC(=O)OC)C(=O)CCN1C(=O)CCC1=O. The quantitative estimate of drug-likeness (QED) is 0.483. The number of methoxy groups -OCH3 is 1. The molecule has 1 fully saturated rings. The molecule has 112 valence electrons. The van der Waals surface area contributed by atoms with E-state index in [-0.39, 0.29) is 62.5 Å². The van der Waals surface area contributed by atoms with Gasteiger partial charge in [-0.05, 0) is 6.92 Å². The third kappa shape index (κ3) is 4.32. The first-order valence-electron chi connectivity index (χ1n) is 6.67. The Morgan fingerprint density at radius 1 is 1.20 bits per heavy atom. The summed E-state index contributed by atoms with van der Waals surface area (Å²) in [5.74, 6) is -0.995. The molecule has 1 heterocycles. The van der Waals surface area contributed by atoms with Gasteiger partial charge in [0.15, 0.2) is 0 Å². The minimum atomic E-state index is -0.374. The molecule has 0 aromatic carbocycles. The van der Waals surface area contributed by atoms with Crippen molar-refractivity contribution in [2.45, 2.75) is 32.6 Å². The Balaban J connectivity index is 2.41. The van der Waals surface area contributed by atoms with Gasteiger partial charge in [-0.25, -0.2) is 0 Å². The molecule has 0 spiro atoms. The molecule has 0 atom stereocenters. The number of hydrogen-bond acceptors (Lipinski definition) is 5. The molecule has 1 rings (SSSR count). The fraction of sp³-hybridized carbons (Fsp3) is 0.692. The minimum Gasteiger partial charge on any atom is -0.469 e. The largest absolute Gasteiger partial charge is 0.469 e. The summed E-state index contributed by atoms with van der Waals surface area (Å²) in [6.07, 6.45) is 0.684. The summed E-state index contributed by atoms with van der Waals surface area (Å²) in [4.78, 5) is 48.5. The number of nitrogens with zero attached hydrogens (tertiary/aromatic N) is 2. The highest BCUT2D eigenvalue weighted by Gasteiger charge is 2.29. The van der Waals surface area contributed by atoms with Gasteiger partial charge >= 0.3 is 5.97 Å². The van der Waals surface area contributed by atoms with Crippen molar-refractivity contribution in [3.8, 4) is 0 Å². The number of amides is 3. The Morgan fingerprint density at radius 2 is 1.80 bits per heavy atom. The van der Waals surface area contributed by atoms with Crippen molar-refractivity contribution in [1.82, 2.24) is 9.80 Å². The summed E-state index contributed by atoms with van der Waals surface area (Å²) in [6.45, 7) is 2.67. The van der Waals surface area contributed by atoms with Crippen molar-refractivity contribution in [1.29, 1.82) is 0 Å². The number of rotatable bonds is 7. The van der Waals surface area contributed by atoms with E-state index in [1.165, 1.54) is 12.0 Å². The molecule has 0 unspecified atom stereocenters. The van der Waals surface area contributed by atoms with Gasteiger partial charge in [0.1, 0.15) is 0 Å². The fourth-order valence-corrected chi connectivity index (χ4v) is 2.03. The molecule has 0 aromatic heterocycles. The molecule has 0 aliphatic carbocycles. The molecule has 0 radical (unpaired) electrons. The van der Waals surface area contributed by atoms with Crippen molar-refractivity contribution in [3.05, 3.63) is 0 Å². The van der Waals surface area contributed by atoms with E-state index in [1.54, 1.807) is 6.92 Å². The zero-order valence-corrected chi connectivity index (χ0v) is 11.9. The molecule has 1 aliphatic rings. The Labute approximate surface area is 117 Å². The van der Waals surface area contributed by atoms with E-state index in [2.05, 4.69) is 4.74 Å². The third-order valence-corrected chi connectivity index (χ3v) is 3.25. The van der Waals surface area contributed by atoms with E-state index >= 15 is 0 Å². The third-order valence-electron chi connectivity index (χ3n) is 3.25. The lowest BCUT2D eigenvalue weighted by Crippen LogP contribution is -2.37. The summed E-state index contributed by atoms with van der Waals surface area (Å²) in [7, 11) is 1.30. The number of esters is 1. The number of likely N-dealkylation sites (tertiary alicyclic amines) is 1. The summed E-state index contributed by atoms with van der Waals surface area (Å²) in [5.41, 5.74) is 0. The summed E-state index contributed by atoms with van der Waals surface area (Å²) < 4.78 is 4.52. The van der Waals surface area contributed by atoms with Gasteiger partial charge in [-0.1, -0.05) is 0 Å². The Morgan fingerprint density at radius 3 is 2.30 bits per heavy atom. The monoisotopic (exact) mass is 284 g/mol. The highest BCUT2D eigenvalue weighted by molar-refractivity contribution is 6.02. The second kappa shape index (κ2) is 7.62. The Hall–Kier alpha value is -1.92. The minimum absolute atomic E-state index is 0.0898. The molecule has 1 saturated heterocycles. The van der Waals surface area contributed by atoms with Crippen LogP contribution in [0, 0.1) is 0 Å².